The zero-order valence-electron chi connectivity index (χ0n) is 12.7. The Balaban J connectivity index is 2.38. The molecule has 0 aliphatic heterocycles. The van der Waals surface area contributed by atoms with Gasteiger partial charge in [0.2, 0.25) is 5.91 Å². The second kappa shape index (κ2) is 8.68. The molecule has 0 atom stereocenters. The first kappa shape index (κ1) is 16.6. The number of nitrogens with one attached hydrogen (secondary N) is 1. The lowest BCUT2D eigenvalue weighted by molar-refractivity contribution is -0.120. The second-order valence-electron chi connectivity index (χ2n) is 5.46. The summed E-state index contributed by atoms with van der Waals surface area (Å²) in [5.41, 5.74) is 4.38. The van der Waals surface area contributed by atoms with E-state index in [0.717, 1.165) is 31.6 Å². The lowest BCUT2D eigenvalue weighted by Gasteiger charge is -2.18. The zero-order valence-corrected chi connectivity index (χ0v) is 12.7. The van der Waals surface area contributed by atoms with Gasteiger partial charge in [-0.2, -0.15) is 0 Å². The number of amides is 1. The predicted octanol–water partition coefficient (Wildman–Crippen LogP) is 0.603. The van der Waals surface area contributed by atoms with Gasteiger partial charge in [0.25, 0.3) is 0 Å². The summed E-state index contributed by atoms with van der Waals surface area (Å²) in [5.74, 6) is 4.91. The van der Waals surface area contributed by atoms with Gasteiger partial charge in [-0.15, -0.1) is 0 Å². The van der Waals surface area contributed by atoms with Crippen molar-refractivity contribution >= 4 is 5.91 Å². The van der Waals surface area contributed by atoms with E-state index in [0.29, 0.717) is 6.42 Å². The fourth-order valence-electron chi connectivity index (χ4n) is 2.05. The Morgan fingerprint density at radius 2 is 1.70 bits per heavy atom. The van der Waals surface area contributed by atoms with Crippen LogP contribution in [0.25, 0.3) is 0 Å². The van der Waals surface area contributed by atoms with Crippen LogP contribution in [0.1, 0.15) is 17.5 Å². The van der Waals surface area contributed by atoms with Crippen LogP contribution in [0.3, 0.4) is 0 Å². The van der Waals surface area contributed by atoms with Crippen LogP contribution in [0.2, 0.25) is 0 Å². The number of rotatable bonds is 8. The SMILES string of the molecule is CN(C)CCCN(C)Cc1ccc(CC(=O)NN)cc1. The number of nitrogens with zero attached hydrogens (tertiary/aromatic N) is 2. The van der Waals surface area contributed by atoms with Crippen molar-refractivity contribution in [3.8, 4) is 0 Å². The molecule has 0 fully saturated rings. The summed E-state index contributed by atoms with van der Waals surface area (Å²) in [7, 11) is 6.32. The van der Waals surface area contributed by atoms with Gasteiger partial charge in [-0.1, -0.05) is 24.3 Å². The van der Waals surface area contributed by atoms with Gasteiger partial charge in [-0.25, -0.2) is 5.84 Å². The van der Waals surface area contributed by atoms with E-state index in [1.165, 1.54) is 5.56 Å². The molecule has 0 aromatic heterocycles. The molecule has 3 N–H and O–H groups in total. The Hall–Kier alpha value is -1.43. The van der Waals surface area contributed by atoms with Crippen molar-refractivity contribution in [2.24, 2.45) is 5.84 Å². The maximum Gasteiger partial charge on any atom is 0.238 e. The van der Waals surface area contributed by atoms with Crippen molar-refractivity contribution in [1.82, 2.24) is 15.2 Å². The summed E-state index contributed by atoms with van der Waals surface area (Å²) in [6.07, 6.45) is 1.49. The molecule has 1 aromatic rings. The molecule has 0 saturated carbocycles. The Morgan fingerprint density at radius 3 is 2.25 bits per heavy atom. The molecular weight excluding hydrogens is 252 g/mol. The quantitative estimate of drug-likeness (QED) is 0.415. The van der Waals surface area contributed by atoms with E-state index in [2.05, 4.69) is 48.5 Å². The number of benzene rings is 1. The molecule has 1 amide bonds. The lowest BCUT2D eigenvalue weighted by atomic mass is 10.1. The van der Waals surface area contributed by atoms with Crippen LogP contribution in [0.4, 0.5) is 0 Å². The molecule has 5 nitrogen and oxygen atoms in total. The van der Waals surface area contributed by atoms with Gasteiger partial charge in [-0.05, 0) is 51.8 Å². The van der Waals surface area contributed by atoms with Gasteiger partial charge in [0.15, 0.2) is 0 Å². The number of hydrazine groups is 1. The van der Waals surface area contributed by atoms with Crippen LogP contribution < -0.4 is 11.3 Å². The third kappa shape index (κ3) is 6.65. The lowest BCUT2D eigenvalue weighted by Crippen LogP contribution is -2.31. The molecule has 0 aliphatic rings. The molecule has 0 saturated heterocycles. The van der Waals surface area contributed by atoms with Gasteiger partial charge in [-0.3, -0.25) is 10.2 Å². The third-order valence-corrected chi connectivity index (χ3v) is 3.15. The molecule has 0 radical (unpaired) electrons. The van der Waals surface area contributed by atoms with Crippen molar-refractivity contribution in [2.45, 2.75) is 19.4 Å². The molecule has 5 heteroatoms. The van der Waals surface area contributed by atoms with Gasteiger partial charge >= 0.3 is 0 Å². The minimum Gasteiger partial charge on any atom is -0.309 e. The van der Waals surface area contributed by atoms with Crippen molar-refractivity contribution in [3.63, 3.8) is 0 Å². The van der Waals surface area contributed by atoms with E-state index in [-0.39, 0.29) is 5.91 Å². The maximum atomic E-state index is 11.2. The van der Waals surface area contributed by atoms with Crippen molar-refractivity contribution in [2.75, 3.05) is 34.2 Å². The summed E-state index contributed by atoms with van der Waals surface area (Å²) < 4.78 is 0. The molecule has 0 bridgehead atoms. The Labute approximate surface area is 121 Å². The summed E-state index contributed by atoms with van der Waals surface area (Å²) in [5, 5.41) is 0. The molecule has 0 unspecified atom stereocenters. The number of nitrogens with two attached hydrogens (primary N) is 1. The number of carbonyl (C=O) groups is 1. The van der Waals surface area contributed by atoms with Crippen molar-refractivity contribution in [3.05, 3.63) is 35.4 Å². The third-order valence-electron chi connectivity index (χ3n) is 3.15. The summed E-state index contributed by atoms with van der Waals surface area (Å²) >= 11 is 0. The molecule has 112 valence electrons. The number of hydrogen-bond donors (Lipinski definition) is 2. The number of carbonyl (C=O) groups excluding carboxylic acids is 1. The Morgan fingerprint density at radius 1 is 1.10 bits per heavy atom. The highest BCUT2D eigenvalue weighted by Crippen LogP contribution is 2.07. The smallest absolute Gasteiger partial charge is 0.238 e. The molecule has 0 heterocycles. The van der Waals surface area contributed by atoms with Gasteiger partial charge < -0.3 is 9.80 Å². The molecular formula is C15H26N4O. The highest BCUT2D eigenvalue weighted by molar-refractivity contribution is 5.77. The van der Waals surface area contributed by atoms with E-state index in [4.69, 9.17) is 5.84 Å². The first-order chi connectivity index (χ1) is 9.51. The Kier molecular flexibility index (Phi) is 7.22. The van der Waals surface area contributed by atoms with Gasteiger partial charge in [0, 0.05) is 6.54 Å². The molecule has 1 aromatic carbocycles. The summed E-state index contributed by atoms with van der Waals surface area (Å²) in [4.78, 5) is 15.7. The first-order valence-corrected chi connectivity index (χ1v) is 6.92. The highest BCUT2D eigenvalue weighted by Gasteiger charge is 2.03. The average molecular weight is 278 g/mol. The van der Waals surface area contributed by atoms with Crippen LogP contribution in [-0.2, 0) is 17.8 Å². The standard InChI is InChI=1S/C15H26N4O/c1-18(2)9-4-10-19(3)12-14-7-5-13(6-8-14)11-15(20)17-16/h5-8H,4,9-12,16H2,1-3H3,(H,17,20). The van der Waals surface area contributed by atoms with E-state index in [1.807, 2.05) is 12.1 Å². The molecule has 20 heavy (non-hydrogen) atoms. The normalized spacial score (nSPS) is 11.1. The van der Waals surface area contributed by atoms with Crippen molar-refractivity contribution < 1.29 is 4.79 Å². The fraction of sp³-hybridized carbons (Fsp3) is 0.533. The zero-order chi connectivity index (χ0) is 15.0. The number of hydrogen-bond acceptors (Lipinski definition) is 4. The van der Waals surface area contributed by atoms with Crippen LogP contribution in [0, 0.1) is 0 Å². The maximum absolute atomic E-state index is 11.2. The molecule has 0 aliphatic carbocycles. The topological polar surface area (TPSA) is 61.6 Å². The van der Waals surface area contributed by atoms with E-state index in [1.54, 1.807) is 0 Å². The van der Waals surface area contributed by atoms with Crippen LogP contribution in [0.15, 0.2) is 24.3 Å². The second-order valence-corrected chi connectivity index (χ2v) is 5.46. The van der Waals surface area contributed by atoms with E-state index < -0.39 is 0 Å². The molecule has 0 spiro atoms. The minimum atomic E-state index is -0.168. The van der Waals surface area contributed by atoms with Crippen LogP contribution in [-0.4, -0.2) is 49.9 Å². The van der Waals surface area contributed by atoms with Gasteiger partial charge in [0.1, 0.15) is 0 Å². The van der Waals surface area contributed by atoms with Gasteiger partial charge in [0.05, 0.1) is 6.42 Å². The monoisotopic (exact) mass is 278 g/mol. The van der Waals surface area contributed by atoms with Crippen LogP contribution in [0.5, 0.6) is 0 Å². The summed E-state index contributed by atoms with van der Waals surface area (Å²) in [6.45, 7) is 3.11. The molecule has 1 rings (SSSR count). The minimum absolute atomic E-state index is 0.168. The van der Waals surface area contributed by atoms with E-state index >= 15 is 0 Å². The highest BCUT2D eigenvalue weighted by atomic mass is 16.2. The van der Waals surface area contributed by atoms with E-state index in [9.17, 15) is 4.79 Å². The largest absolute Gasteiger partial charge is 0.309 e. The van der Waals surface area contributed by atoms with Crippen LogP contribution >= 0.6 is 0 Å². The van der Waals surface area contributed by atoms with Crippen molar-refractivity contribution in [1.29, 1.82) is 0 Å². The Bertz CT molecular complexity index is 403. The first-order valence-electron chi connectivity index (χ1n) is 6.92. The fourth-order valence-corrected chi connectivity index (χ4v) is 2.05. The summed E-state index contributed by atoms with van der Waals surface area (Å²) in [6, 6.07) is 8.11. The predicted molar refractivity (Wildman–Crippen MR) is 82.0 cm³/mol. The average Bonchev–Trinajstić information content (AvgIpc) is 2.40.